The van der Waals surface area contributed by atoms with E-state index >= 15 is 0 Å². The Morgan fingerprint density at radius 3 is 2.56 bits per heavy atom. The zero-order valence-electron chi connectivity index (χ0n) is 18.6. The van der Waals surface area contributed by atoms with Crippen molar-refractivity contribution in [3.63, 3.8) is 0 Å². The van der Waals surface area contributed by atoms with E-state index in [2.05, 4.69) is 15.5 Å². The summed E-state index contributed by atoms with van der Waals surface area (Å²) in [7, 11) is 3.16. The summed E-state index contributed by atoms with van der Waals surface area (Å²) >= 11 is 1.16. The molecule has 4 aromatic rings. The summed E-state index contributed by atoms with van der Waals surface area (Å²) in [5.74, 6) is 1.07. The second-order valence-electron chi connectivity index (χ2n) is 7.11. The van der Waals surface area contributed by atoms with Gasteiger partial charge in [-0.2, -0.15) is 5.10 Å². The maximum Gasteiger partial charge on any atom is 0.266 e. The number of aromatic nitrogens is 2. The fourth-order valence-corrected chi connectivity index (χ4v) is 4.04. The van der Waals surface area contributed by atoms with Crippen molar-refractivity contribution in [3.05, 3.63) is 88.7 Å². The predicted octanol–water partition coefficient (Wildman–Crippen LogP) is 3.65. The van der Waals surface area contributed by atoms with Gasteiger partial charge >= 0.3 is 0 Å². The summed E-state index contributed by atoms with van der Waals surface area (Å²) in [5, 5.41) is 4.90. The van der Waals surface area contributed by atoms with Gasteiger partial charge in [0.1, 0.15) is 11.5 Å². The number of nitrogens with zero attached hydrogens (tertiary/aromatic N) is 3. The number of thioether (sulfide) groups is 1. The summed E-state index contributed by atoms with van der Waals surface area (Å²) < 4.78 is 11.9. The van der Waals surface area contributed by atoms with Gasteiger partial charge in [-0.05, 0) is 54.1 Å². The van der Waals surface area contributed by atoms with E-state index in [1.54, 1.807) is 62.8 Å². The Morgan fingerprint density at radius 2 is 1.79 bits per heavy atom. The second-order valence-corrected chi connectivity index (χ2v) is 8.05. The fourth-order valence-electron chi connectivity index (χ4n) is 3.23. The molecule has 0 spiro atoms. The van der Waals surface area contributed by atoms with Crippen LogP contribution in [0.25, 0.3) is 16.6 Å². The lowest BCUT2D eigenvalue weighted by Crippen LogP contribution is -2.24. The number of rotatable bonds is 8. The summed E-state index contributed by atoms with van der Waals surface area (Å²) in [4.78, 5) is 30.3. The van der Waals surface area contributed by atoms with Crippen molar-refractivity contribution in [1.82, 2.24) is 15.0 Å². The summed E-state index contributed by atoms with van der Waals surface area (Å²) in [6, 6.07) is 21.5. The molecule has 0 saturated heterocycles. The van der Waals surface area contributed by atoms with Crippen LogP contribution in [-0.2, 0) is 4.79 Å². The maximum absolute atomic E-state index is 13.3. The highest BCUT2D eigenvalue weighted by atomic mass is 32.2. The van der Waals surface area contributed by atoms with Crippen molar-refractivity contribution < 1.29 is 14.3 Å². The molecule has 8 nitrogen and oxygen atoms in total. The molecule has 0 radical (unpaired) electrons. The molecule has 4 rings (SSSR count). The highest BCUT2D eigenvalue weighted by Crippen LogP contribution is 2.22. The Hall–Kier alpha value is -4.11. The number of hydrazone groups is 1. The average Bonchev–Trinajstić information content (AvgIpc) is 2.88. The number of para-hydroxylation sites is 1. The Labute approximate surface area is 200 Å². The SMILES string of the molecule is COc1ccc(-n2c(SCC(=O)N/N=C\c3cccc(OC)c3)nc3ccccc3c2=O)cc1. The molecule has 0 aliphatic rings. The third-order valence-electron chi connectivity index (χ3n) is 4.90. The van der Waals surface area contributed by atoms with Crippen molar-refractivity contribution in [1.29, 1.82) is 0 Å². The number of methoxy groups -OCH3 is 2. The average molecular weight is 475 g/mol. The van der Waals surface area contributed by atoms with E-state index in [-0.39, 0.29) is 17.2 Å². The first-order valence-electron chi connectivity index (χ1n) is 10.3. The van der Waals surface area contributed by atoms with Crippen LogP contribution < -0.4 is 20.5 Å². The third kappa shape index (κ3) is 5.26. The molecule has 34 heavy (non-hydrogen) atoms. The Balaban J connectivity index is 1.55. The minimum absolute atomic E-state index is 0.0242. The van der Waals surface area contributed by atoms with Crippen LogP contribution in [0, 0.1) is 0 Å². The van der Waals surface area contributed by atoms with Crippen molar-refractivity contribution in [2.24, 2.45) is 5.10 Å². The predicted molar refractivity (Wildman–Crippen MR) is 133 cm³/mol. The number of hydrogen-bond acceptors (Lipinski definition) is 7. The Bertz CT molecular complexity index is 1400. The highest BCUT2D eigenvalue weighted by molar-refractivity contribution is 7.99. The van der Waals surface area contributed by atoms with Crippen LogP contribution in [0.4, 0.5) is 0 Å². The number of amides is 1. The van der Waals surface area contributed by atoms with Crippen molar-refractivity contribution in [2.75, 3.05) is 20.0 Å². The van der Waals surface area contributed by atoms with Gasteiger partial charge in [0.05, 0.1) is 42.8 Å². The van der Waals surface area contributed by atoms with E-state index in [4.69, 9.17) is 9.47 Å². The van der Waals surface area contributed by atoms with Crippen LogP contribution >= 0.6 is 11.8 Å². The maximum atomic E-state index is 13.3. The molecule has 0 aliphatic carbocycles. The number of benzene rings is 3. The van der Waals surface area contributed by atoms with Gasteiger partial charge in [-0.1, -0.05) is 36.0 Å². The standard InChI is InChI=1S/C25H22N4O4S/c1-32-19-12-10-18(11-13-19)29-24(31)21-8-3-4-9-22(21)27-25(29)34-16-23(30)28-26-15-17-6-5-7-20(14-17)33-2/h3-15H,16H2,1-2H3,(H,28,30)/b26-15-. The van der Waals surface area contributed by atoms with Gasteiger partial charge in [0, 0.05) is 0 Å². The molecule has 1 heterocycles. The van der Waals surface area contributed by atoms with Gasteiger partial charge in [0.2, 0.25) is 0 Å². The Morgan fingerprint density at radius 1 is 1.03 bits per heavy atom. The lowest BCUT2D eigenvalue weighted by molar-refractivity contribution is -0.118. The molecular formula is C25H22N4O4S. The molecule has 0 fully saturated rings. The smallest absolute Gasteiger partial charge is 0.266 e. The van der Waals surface area contributed by atoms with Crippen LogP contribution in [0.1, 0.15) is 5.56 Å². The molecule has 0 unspecified atom stereocenters. The lowest BCUT2D eigenvalue weighted by atomic mass is 10.2. The number of fused-ring (bicyclic) bond motifs is 1. The number of carbonyl (C=O) groups is 1. The van der Waals surface area contributed by atoms with E-state index in [9.17, 15) is 9.59 Å². The van der Waals surface area contributed by atoms with Gasteiger partial charge in [0.25, 0.3) is 11.5 Å². The monoisotopic (exact) mass is 474 g/mol. The zero-order valence-corrected chi connectivity index (χ0v) is 19.4. The summed E-state index contributed by atoms with van der Waals surface area (Å²) in [6.45, 7) is 0. The van der Waals surface area contributed by atoms with Gasteiger partial charge in [-0.3, -0.25) is 14.2 Å². The number of hydrogen-bond donors (Lipinski definition) is 1. The number of nitrogens with one attached hydrogen (secondary N) is 1. The van der Waals surface area contributed by atoms with Crippen LogP contribution in [0.2, 0.25) is 0 Å². The van der Waals surface area contributed by atoms with Crippen molar-refractivity contribution >= 4 is 34.8 Å². The quantitative estimate of drug-likeness (QED) is 0.181. The van der Waals surface area contributed by atoms with Crippen molar-refractivity contribution in [3.8, 4) is 17.2 Å². The highest BCUT2D eigenvalue weighted by Gasteiger charge is 2.15. The first-order chi connectivity index (χ1) is 16.6. The molecule has 0 bridgehead atoms. The summed E-state index contributed by atoms with van der Waals surface area (Å²) in [5.41, 5.74) is 4.27. The second kappa shape index (κ2) is 10.7. The normalized spacial score (nSPS) is 11.0. The van der Waals surface area contributed by atoms with Crippen LogP contribution in [0.15, 0.2) is 87.8 Å². The van der Waals surface area contributed by atoms with Gasteiger partial charge in [-0.25, -0.2) is 10.4 Å². The van der Waals surface area contributed by atoms with E-state index in [0.717, 1.165) is 17.3 Å². The molecule has 1 aromatic heterocycles. The number of carbonyl (C=O) groups excluding carboxylic acids is 1. The molecule has 1 N–H and O–H groups in total. The zero-order chi connectivity index (χ0) is 23.9. The molecule has 172 valence electrons. The number of ether oxygens (including phenoxy) is 2. The van der Waals surface area contributed by atoms with E-state index < -0.39 is 0 Å². The van der Waals surface area contributed by atoms with Crippen LogP contribution in [-0.4, -0.2) is 41.6 Å². The Kier molecular flexibility index (Phi) is 7.24. The minimum atomic E-state index is -0.326. The molecule has 3 aromatic carbocycles. The largest absolute Gasteiger partial charge is 0.497 e. The van der Waals surface area contributed by atoms with E-state index in [0.29, 0.717) is 33.2 Å². The van der Waals surface area contributed by atoms with Gasteiger partial charge < -0.3 is 9.47 Å². The first kappa shape index (κ1) is 23.1. The summed E-state index contributed by atoms with van der Waals surface area (Å²) in [6.07, 6.45) is 1.53. The van der Waals surface area contributed by atoms with E-state index in [1.165, 1.54) is 10.8 Å². The van der Waals surface area contributed by atoms with Crippen LogP contribution in [0.3, 0.4) is 0 Å². The third-order valence-corrected chi connectivity index (χ3v) is 5.84. The topological polar surface area (TPSA) is 94.8 Å². The molecule has 0 aliphatic heterocycles. The first-order valence-corrected chi connectivity index (χ1v) is 11.3. The van der Waals surface area contributed by atoms with Crippen molar-refractivity contribution in [2.45, 2.75) is 5.16 Å². The molecular weight excluding hydrogens is 452 g/mol. The van der Waals surface area contributed by atoms with E-state index in [1.807, 2.05) is 24.3 Å². The molecule has 0 saturated carbocycles. The molecule has 0 atom stereocenters. The minimum Gasteiger partial charge on any atom is -0.497 e. The lowest BCUT2D eigenvalue weighted by Gasteiger charge is -2.13. The van der Waals surface area contributed by atoms with Crippen LogP contribution in [0.5, 0.6) is 11.5 Å². The fraction of sp³-hybridized carbons (Fsp3) is 0.120. The van der Waals surface area contributed by atoms with Gasteiger partial charge in [-0.15, -0.1) is 0 Å². The van der Waals surface area contributed by atoms with Gasteiger partial charge in [0.15, 0.2) is 5.16 Å². The molecule has 1 amide bonds. The molecule has 9 heteroatoms.